The van der Waals surface area contributed by atoms with E-state index in [4.69, 9.17) is 29.6 Å². The van der Waals surface area contributed by atoms with Crippen molar-refractivity contribution in [1.29, 1.82) is 0 Å². The Morgan fingerprint density at radius 1 is 1.53 bits per heavy atom. The summed E-state index contributed by atoms with van der Waals surface area (Å²) >= 11 is 10.6. The van der Waals surface area contributed by atoms with Gasteiger partial charge in [0.05, 0.1) is 21.1 Å². The van der Waals surface area contributed by atoms with Crippen LogP contribution >= 0.6 is 23.8 Å². The van der Waals surface area contributed by atoms with Crippen LogP contribution in [0.1, 0.15) is 12.8 Å². The van der Waals surface area contributed by atoms with Gasteiger partial charge in [-0.3, -0.25) is 4.79 Å². The van der Waals surface area contributed by atoms with Crippen molar-refractivity contribution in [3.05, 3.63) is 29.0 Å². The molecule has 0 bridgehead atoms. The van der Waals surface area contributed by atoms with E-state index in [1.54, 1.807) is 0 Å². The van der Waals surface area contributed by atoms with Gasteiger partial charge in [-0.1, -0.05) is 29.9 Å². The number of anilines is 1. The predicted octanol–water partition coefficient (Wildman–Crippen LogP) is 2.48. The lowest BCUT2D eigenvalue weighted by Crippen LogP contribution is -2.35. The Bertz CT molecular complexity index is 482. The standard InChI is InChI=1S/C11H10ClFN2OS/c12-6-2-1-3-7(13)8(6)15-10(16)11(4-5-11)9(14)17/h1-3H,4-5H2,(H2,14,17)(H,15,16). The van der Waals surface area contributed by atoms with E-state index in [0.717, 1.165) is 0 Å². The second-order valence-electron chi connectivity index (χ2n) is 4.00. The normalized spacial score (nSPS) is 16.4. The summed E-state index contributed by atoms with van der Waals surface area (Å²) in [6, 6.07) is 4.19. The van der Waals surface area contributed by atoms with Gasteiger partial charge in [-0.2, -0.15) is 0 Å². The van der Waals surface area contributed by atoms with Crippen molar-refractivity contribution >= 4 is 40.4 Å². The summed E-state index contributed by atoms with van der Waals surface area (Å²) in [5, 5.41) is 2.60. The van der Waals surface area contributed by atoms with Crippen molar-refractivity contribution in [3.8, 4) is 0 Å². The van der Waals surface area contributed by atoms with E-state index < -0.39 is 17.1 Å². The first-order chi connectivity index (χ1) is 7.97. The van der Waals surface area contributed by atoms with E-state index in [1.165, 1.54) is 18.2 Å². The Morgan fingerprint density at radius 2 is 2.18 bits per heavy atom. The third kappa shape index (κ3) is 2.12. The molecule has 0 heterocycles. The fraction of sp³-hybridized carbons (Fsp3) is 0.273. The number of hydrogen-bond donors (Lipinski definition) is 2. The minimum absolute atomic E-state index is 0.0262. The first-order valence-electron chi connectivity index (χ1n) is 5.03. The number of halogens is 2. The number of nitrogens with two attached hydrogens (primary N) is 1. The van der Waals surface area contributed by atoms with E-state index in [0.29, 0.717) is 12.8 Å². The fourth-order valence-corrected chi connectivity index (χ4v) is 2.07. The highest BCUT2D eigenvalue weighted by Crippen LogP contribution is 2.47. The van der Waals surface area contributed by atoms with Crippen molar-refractivity contribution in [3.63, 3.8) is 0 Å². The monoisotopic (exact) mass is 272 g/mol. The molecule has 1 aliphatic rings. The Balaban J connectivity index is 2.23. The van der Waals surface area contributed by atoms with Crippen LogP contribution in [0.4, 0.5) is 10.1 Å². The Kier molecular flexibility index (Phi) is 3.05. The highest BCUT2D eigenvalue weighted by Gasteiger charge is 2.52. The lowest BCUT2D eigenvalue weighted by atomic mass is 10.1. The third-order valence-corrected chi connectivity index (χ3v) is 3.56. The van der Waals surface area contributed by atoms with Crippen molar-refractivity contribution in [2.24, 2.45) is 11.1 Å². The summed E-state index contributed by atoms with van der Waals surface area (Å²) in [6.07, 6.45) is 1.19. The molecule has 17 heavy (non-hydrogen) atoms. The zero-order valence-corrected chi connectivity index (χ0v) is 10.4. The maximum absolute atomic E-state index is 13.5. The maximum atomic E-state index is 13.5. The Labute approximate surface area is 108 Å². The van der Waals surface area contributed by atoms with E-state index >= 15 is 0 Å². The minimum Gasteiger partial charge on any atom is -0.392 e. The van der Waals surface area contributed by atoms with E-state index in [-0.39, 0.29) is 15.7 Å². The molecule has 0 aliphatic heterocycles. The first-order valence-corrected chi connectivity index (χ1v) is 5.81. The van der Waals surface area contributed by atoms with Crippen LogP contribution in [0.3, 0.4) is 0 Å². The molecule has 1 aromatic rings. The minimum atomic E-state index is -0.819. The van der Waals surface area contributed by atoms with Crippen molar-refractivity contribution < 1.29 is 9.18 Å². The third-order valence-electron chi connectivity index (χ3n) is 2.86. The van der Waals surface area contributed by atoms with Gasteiger partial charge in [0.25, 0.3) is 0 Å². The summed E-state index contributed by atoms with van der Waals surface area (Å²) in [7, 11) is 0. The largest absolute Gasteiger partial charge is 0.392 e. The molecule has 1 fully saturated rings. The number of hydrogen-bond acceptors (Lipinski definition) is 2. The number of thiocarbonyl (C=S) groups is 1. The van der Waals surface area contributed by atoms with Gasteiger partial charge in [0.15, 0.2) is 0 Å². The van der Waals surface area contributed by atoms with Gasteiger partial charge in [-0.05, 0) is 25.0 Å². The number of carbonyl (C=O) groups is 1. The maximum Gasteiger partial charge on any atom is 0.237 e. The number of carbonyl (C=O) groups excluding carboxylic acids is 1. The predicted molar refractivity (Wildman–Crippen MR) is 68.5 cm³/mol. The van der Waals surface area contributed by atoms with Crippen LogP contribution in [0, 0.1) is 11.2 Å². The second-order valence-corrected chi connectivity index (χ2v) is 4.84. The van der Waals surface area contributed by atoms with Crippen LogP contribution in [0.2, 0.25) is 5.02 Å². The number of para-hydroxylation sites is 1. The molecule has 1 saturated carbocycles. The molecule has 0 spiro atoms. The lowest BCUT2D eigenvalue weighted by Gasteiger charge is -2.14. The quantitative estimate of drug-likeness (QED) is 0.831. The van der Waals surface area contributed by atoms with Gasteiger partial charge in [-0.25, -0.2) is 4.39 Å². The summed E-state index contributed by atoms with van der Waals surface area (Å²) in [6.45, 7) is 0. The number of amides is 1. The smallest absolute Gasteiger partial charge is 0.237 e. The fourth-order valence-electron chi connectivity index (χ4n) is 1.56. The number of rotatable bonds is 3. The van der Waals surface area contributed by atoms with Crippen LogP contribution in [-0.2, 0) is 4.79 Å². The Hall–Kier alpha value is -1.20. The molecule has 1 aromatic carbocycles. The molecule has 0 atom stereocenters. The van der Waals surface area contributed by atoms with E-state index in [2.05, 4.69) is 5.32 Å². The molecule has 3 nitrogen and oxygen atoms in total. The second kappa shape index (κ2) is 4.23. The summed E-state index contributed by atoms with van der Waals surface area (Å²) < 4.78 is 13.5. The SMILES string of the molecule is NC(=S)C1(C(=O)Nc2c(F)cccc2Cl)CC1. The van der Waals surface area contributed by atoms with Gasteiger partial charge in [0.2, 0.25) is 5.91 Å². The summed E-state index contributed by atoms with van der Waals surface area (Å²) in [4.78, 5) is 12.1. The highest BCUT2D eigenvalue weighted by molar-refractivity contribution is 7.80. The van der Waals surface area contributed by atoms with Crippen LogP contribution in [0.5, 0.6) is 0 Å². The molecule has 90 valence electrons. The van der Waals surface area contributed by atoms with Crippen molar-refractivity contribution in [2.45, 2.75) is 12.8 Å². The average Bonchev–Trinajstić information content (AvgIpc) is 3.04. The molecule has 6 heteroatoms. The molecule has 0 saturated heterocycles. The first kappa shape index (κ1) is 12.3. The van der Waals surface area contributed by atoms with Crippen molar-refractivity contribution in [1.82, 2.24) is 0 Å². The van der Waals surface area contributed by atoms with Gasteiger partial charge < -0.3 is 11.1 Å². The molecule has 0 aromatic heterocycles. The van der Waals surface area contributed by atoms with Gasteiger partial charge >= 0.3 is 0 Å². The van der Waals surface area contributed by atoms with Gasteiger partial charge in [0.1, 0.15) is 5.82 Å². The molecule has 0 unspecified atom stereocenters. The van der Waals surface area contributed by atoms with Gasteiger partial charge in [-0.15, -0.1) is 0 Å². The average molecular weight is 273 g/mol. The molecular weight excluding hydrogens is 263 g/mol. The zero-order valence-electron chi connectivity index (χ0n) is 8.80. The summed E-state index contributed by atoms with van der Waals surface area (Å²) in [5.74, 6) is -0.971. The lowest BCUT2D eigenvalue weighted by molar-refractivity contribution is -0.118. The number of nitrogens with one attached hydrogen (secondary N) is 1. The van der Waals surface area contributed by atoms with Gasteiger partial charge in [0, 0.05) is 0 Å². The molecule has 2 rings (SSSR count). The zero-order chi connectivity index (χ0) is 12.6. The van der Waals surface area contributed by atoms with Crippen LogP contribution < -0.4 is 11.1 Å². The number of benzene rings is 1. The van der Waals surface area contributed by atoms with E-state index in [1.807, 2.05) is 0 Å². The molecule has 1 aliphatic carbocycles. The molecule has 0 radical (unpaired) electrons. The molecule has 1 amide bonds. The summed E-state index contributed by atoms with van der Waals surface area (Å²) in [5.41, 5.74) is 4.66. The molecule has 3 N–H and O–H groups in total. The topological polar surface area (TPSA) is 55.1 Å². The van der Waals surface area contributed by atoms with E-state index in [9.17, 15) is 9.18 Å². The highest BCUT2D eigenvalue weighted by atomic mass is 35.5. The van der Waals surface area contributed by atoms with Crippen LogP contribution in [0.15, 0.2) is 18.2 Å². The molecular formula is C11H10ClFN2OS. The van der Waals surface area contributed by atoms with Crippen LogP contribution in [0.25, 0.3) is 0 Å². The Morgan fingerprint density at radius 3 is 2.65 bits per heavy atom. The van der Waals surface area contributed by atoms with Crippen molar-refractivity contribution in [2.75, 3.05) is 5.32 Å². The van der Waals surface area contributed by atoms with Crippen LogP contribution in [-0.4, -0.2) is 10.9 Å².